The number of carbonyl (C=O) groups excluding carboxylic acids is 1. The van der Waals surface area contributed by atoms with Crippen molar-refractivity contribution in [2.45, 2.75) is 13.0 Å². The molecule has 104 valence electrons. The Morgan fingerprint density at radius 2 is 2.15 bits per heavy atom. The number of aromatic amines is 1. The number of rotatable bonds is 3. The van der Waals surface area contributed by atoms with Crippen LogP contribution in [-0.2, 0) is 0 Å². The molecule has 0 aliphatic carbocycles. The van der Waals surface area contributed by atoms with Crippen LogP contribution in [0.15, 0.2) is 30.5 Å². The third-order valence-corrected chi connectivity index (χ3v) is 3.35. The van der Waals surface area contributed by atoms with Crippen LogP contribution in [0.3, 0.4) is 0 Å². The van der Waals surface area contributed by atoms with E-state index in [1.165, 1.54) is 0 Å². The van der Waals surface area contributed by atoms with Crippen molar-refractivity contribution in [3.05, 3.63) is 46.7 Å². The summed E-state index contributed by atoms with van der Waals surface area (Å²) in [6.45, 7) is 2.14. The molecular formula is C14H13ClN2O3. The molecule has 1 aliphatic rings. The summed E-state index contributed by atoms with van der Waals surface area (Å²) in [6, 6.07) is 7.04. The van der Waals surface area contributed by atoms with Crippen molar-refractivity contribution >= 4 is 17.5 Å². The number of halogens is 1. The average Bonchev–Trinajstić information content (AvgIpc) is 3.05. The van der Waals surface area contributed by atoms with Gasteiger partial charge in [-0.15, -0.1) is 0 Å². The molecule has 1 atom stereocenters. The first kappa shape index (κ1) is 12.9. The molecule has 0 spiro atoms. The van der Waals surface area contributed by atoms with Crippen molar-refractivity contribution in [2.75, 3.05) is 6.79 Å². The van der Waals surface area contributed by atoms with Crippen molar-refractivity contribution in [3.8, 4) is 11.5 Å². The summed E-state index contributed by atoms with van der Waals surface area (Å²) >= 11 is 5.78. The van der Waals surface area contributed by atoms with Gasteiger partial charge in [-0.1, -0.05) is 17.7 Å². The lowest BCUT2D eigenvalue weighted by Crippen LogP contribution is -2.26. The SMILES string of the molecule is C[C@H](NC(=O)c1cc(Cl)c[nH]1)c1ccc2c(c1)OCO2. The van der Waals surface area contributed by atoms with E-state index < -0.39 is 0 Å². The zero-order valence-electron chi connectivity index (χ0n) is 10.8. The molecule has 2 aromatic rings. The van der Waals surface area contributed by atoms with Gasteiger partial charge in [0, 0.05) is 6.20 Å². The number of ether oxygens (including phenoxy) is 2. The first-order valence-electron chi connectivity index (χ1n) is 6.18. The lowest BCUT2D eigenvalue weighted by Gasteiger charge is -2.14. The van der Waals surface area contributed by atoms with Crippen LogP contribution in [0.4, 0.5) is 0 Å². The van der Waals surface area contributed by atoms with Crippen LogP contribution in [0.1, 0.15) is 29.0 Å². The van der Waals surface area contributed by atoms with Gasteiger partial charge in [0.25, 0.3) is 5.91 Å². The standard InChI is InChI=1S/C14H13ClN2O3/c1-8(17-14(18)11-5-10(15)6-16-11)9-2-3-12-13(4-9)20-7-19-12/h2-6,8,16H,7H2,1H3,(H,17,18)/t8-/m0/s1. The van der Waals surface area contributed by atoms with Gasteiger partial charge in [-0.3, -0.25) is 4.79 Å². The summed E-state index contributed by atoms with van der Waals surface area (Å²) in [4.78, 5) is 14.8. The Morgan fingerprint density at radius 3 is 2.90 bits per heavy atom. The van der Waals surface area contributed by atoms with Gasteiger partial charge in [0.1, 0.15) is 5.69 Å². The summed E-state index contributed by atoms with van der Waals surface area (Å²) in [6.07, 6.45) is 1.57. The molecule has 2 N–H and O–H groups in total. The number of carbonyl (C=O) groups is 1. The molecule has 0 bridgehead atoms. The molecule has 20 heavy (non-hydrogen) atoms. The van der Waals surface area contributed by atoms with Crippen LogP contribution >= 0.6 is 11.6 Å². The van der Waals surface area contributed by atoms with E-state index in [0.29, 0.717) is 16.5 Å². The number of benzene rings is 1. The minimum atomic E-state index is -0.206. The van der Waals surface area contributed by atoms with Crippen LogP contribution in [0.2, 0.25) is 5.02 Å². The predicted molar refractivity (Wildman–Crippen MR) is 74.2 cm³/mol. The fraction of sp³-hybridized carbons (Fsp3) is 0.214. The highest BCUT2D eigenvalue weighted by Crippen LogP contribution is 2.34. The van der Waals surface area contributed by atoms with Gasteiger partial charge in [-0.2, -0.15) is 0 Å². The molecule has 3 rings (SSSR count). The number of nitrogens with one attached hydrogen (secondary N) is 2. The fourth-order valence-electron chi connectivity index (χ4n) is 2.04. The quantitative estimate of drug-likeness (QED) is 0.914. The highest BCUT2D eigenvalue weighted by Gasteiger charge is 2.17. The lowest BCUT2D eigenvalue weighted by molar-refractivity contribution is 0.0935. The van der Waals surface area contributed by atoms with E-state index in [1.807, 2.05) is 25.1 Å². The zero-order chi connectivity index (χ0) is 14.1. The number of amides is 1. The molecule has 2 heterocycles. The average molecular weight is 293 g/mol. The van der Waals surface area contributed by atoms with E-state index in [9.17, 15) is 4.79 Å². The molecular weight excluding hydrogens is 280 g/mol. The molecule has 1 aromatic heterocycles. The van der Waals surface area contributed by atoms with Crippen molar-refractivity contribution in [1.82, 2.24) is 10.3 Å². The maximum Gasteiger partial charge on any atom is 0.268 e. The third kappa shape index (κ3) is 2.44. The van der Waals surface area contributed by atoms with Gasteiger partial charge >= 0.3 is 0 Å². The molecule has 0 unspecified atom stereocenters. The number of H-pyrrole nitrogens is 1. The molecule has 6 heteroatoms. The number of aromatic nitrogens is 1. The monoisotopic (exact) mass is 292 g/mol. The summed E-state index contributed by atoms with van der Waals surface area (Å²) in [5, 5.41) is 3.40. The zero-order valence-corrected chi connectivity index (χ0v) is 11.5. The summed E-state index contributed by atoms with van der Waals surface area (Å²) < 4.78 is 10.6. The molecule has 0 radical (unpaired) electrons. The van der Waals surface area contributed by atoms with E-state index in [1.54, 1.807) is 12.3 Å². The highest BCUT2D eigenvalue weighted by atomic mass is 35.5. The molecule has 0 saturated carbocycles. The Morgan fingerprint density at radius 1 is 1.35 bits per heavy atom. The second-order valence-electron chi connectivity index (χ2n) is 4.54. The Bertz CT molecular complexity index is 654. The largest absolute Gasteiger partial charge is 0.454 e. The van der Waals surface area contributed by atoms with E-state index in [2.05, 4.69) is 10.3 Å². The summed E-state index contributed by atoms with van der Waals surface area (Å²) in [7, 11) is 0. The number of hydrogen-bond acceptors (Lipinski definition) is 3. The maximum atomic E-state index is 12.0. The van der Waals surface area contributed by atoms with Gasteiger partial charge in [0.15, 0.2) is 11.5 Å². The van der Waals surface area contributed by atoms with Crippen LogP contribution in [-0.4, -0.2) is 17.7 Å². The highest BCUT2D eigenvalue weighted by molar-refractivity contribution is 6.30. The van der Waals surface area contributed by atoms with Gasteiger partial charge in [-0.05, 0) is 30.7 Å². The third-order valence-electron chi connectivity index (χ3n) is 3.14. The first-order valence-corrected chi connectivity index (χ1v) is 6.55. The van der Waals surface area contributed by atoms with Crippen LogP contribution in [0.25, 0.3) is 0 Å². The minimum absolute atomic E-state index is 0.154. The smallest absolute Gasteiger partial charge is 0.268 e. The normalized spacial score (nSPS) is 14.1. The van der Waals surface area contributed by atoms with Crippen molar-refractivity contribution < 1.29 is 14.3 Å². The topological polar surface area (TPSA) is 63.4 Å². The Labute approximate surface area is 120 Å². The minimum Gasteiger partial charge on any atom is -0.454 e. The van der Waals surface area contributed by atoms with Crippen LogP contribution in [0, 0.1) is 0 Å². The van der Waals surface area contributed by atoms with Crippen LogP contribution in [0.5, 0.6) is 11.5 Å². The first-order chi connectivity index (χ1) is 9.63. The molecule has 1 aromatic carbocycles. The second kappa shape index (κ2) is 5.09. The Balaban J connectivity index is 1.73. The predicted octanol–water partition coefficient (Wildman–Crippen LogP) is 2.89. The van der Waals surface area contributed by atoms with Gasteiger partial charge < -0.3 is 19.8 Å². The summed E-state index contributed by atoms with van der Waals surface area (Å²) in [5.74, 6) is 1.22. The molecule has 5 nitrogen and oxygen atoms in total. The number of hydrogen-bond donors (Lipinski definition) is 2. The molecule has 0 saturated heterocycles. The maximum absolute atomic E-state index is 12.0. The fourth-order valence-corrected chi connectivity index (χ4v) is 2.20. The van der Waals surface area contributed by atoms with Crippen molar-refractivity contribution in [2.24, 2.45) is 0 Å². The molecule has 0 fully saturated rings. The van der Waals surface area contributed by atoms with E-state index >= 15 is 0 Å². The van der Waals surface area contributed by atoms with Gasteiger partial charge in [0.2, 0.25) is 6.79 Å². The lowest BCUT2D eigenvalue weighted by atomic mass is 10.1. The number of fused-ring (bicyclic) bond motifs is 1. The van der Waals surface area contributed by atoms with Crippen LogP contribution < -0.4 is 14.8 Å². The van der Waals surface area contributed by atoms with Gasteiger partial charge in [-0.25, -0.2) is 0 Å². The Hall–Kier alpha value is -2.14. The van der Waals surface area contributed by atoms with Crippen molar-refractivity contribution in [1.29, 1.82) is 0 Å². The Kier molecular flexibility index (Phi) is 3.28. The molecule has 1 amide bonds. The molecule has 1 aliphatic heterocycles. The van der Waals surface area contributed by atoms with Gasteiger partial charge in [0.05, 0.1) is 11.1 Å². The summed E-state index contributed by atoms with van der Waals surface area (Å²) in [5.41, 5.74) is 1.38. The second-order valence-corrected chi connectivity index (χ2v) is 4.98. The van der Waals surface area contributed by atoms with E-state index in [4.69, 9.17) is 21.1 Å². The van der Waals surface area contributed by atoms with Crippen molar-refractivity contribution in [3.63, 3.8) is 0 Å². The van der Waals surface area contributed by atoms with E-state index in [-0.39, 0.29) is 18.7 Å². The van der Waals surface area contributed by atoms with E-state index in [0.717, 1.165) is 11.3 Å².